The van der Waals surface area contributed by atoms with E-state index in [1.807, 2.05) is 0 Å². The van der Waals surface area contributed by atoms with Crippen molar-refractivity contribution in [3.05, 3.63) is 0 Å². The fraction of sp³-hybridized carbons (Fsp3) is 0.800. The molecule has 0 aromatic carbocycles. The fourth-order valence-electron chi connectivity index (χ4n) is 1.53. The predicted octanol–water partition coefficient (Wildman–Crippen LogP) is 0.605. The number of amides is 1. The molecule has 1 saturated heterocycles. The van der Waals surface area contributed by atoms with Crippen LogP contribution < -0.4 is 0 Å². The zero-order valence-electron chi connectivity index (χ0n) is 8.62. The summed E-state index contributed by atoms with van der Waals surface area (Å²) in [5, 5.41) is 0. The minimum atomic E-state index is 0.148. The molecule has 0 radical (unpaired) electrons. The summed E-state index contributed by atoms with van der Waals surface area (Å²) >= 11 is 0. The number of hydrogen-bond donors (Lipinski definition) is 0. The first-order valence-electron chi connectivity index (χ1n) is 5.02. The Hall–Kier alpha value is -0.900. The second kappa shape index (κ2) is 5.75. The Morgan fingerprint density at radius 2 is 2.07 bits per heavy atom. The van der Waals surface area contributed by atoms with Gasteiger partial charge in [-0.2, -0.15) is 0 Å². The van der Waals surface area contributed by atoms with Crippen LogP contribution in [0.5, 0.6) is 0 Å². The molecule has 1 amide bonds. The van der Waals surface area contributed by atoms with Crippen LogP contribution in [-0.2, 0) is 14.3 Å². The summed E-state index contributed by atoms with van der Waals surface area (Å²) in [6.45, 7) is 1.83. The Morgan fingerprint density at radius 3 is 2.64 bits per heavy atom. The van der Waals surface area contributed by atoms with Crippen LogP contribution in [0.4, 0.5) is 0 Å². The van der Waals surface area contributed by atoms with Crippen molar-refractivity contribution in [3.8, 4) is 0 Å². The van der Waals surface area contributed by atoms with Crippen molar-refractivity contribution in [2.24, 2.45) is 0 Å². The van der Waals surface area contributed by atoms with E-state index in [0.29, 0.717) is 39.0 Å². The molecule has 4 nitrogen and oxygen atoms in total. The zero-order valence-corrected chi connectivity index (χ0v) is 8.62. The summed E-state index contributed by atoms with van der Waals surface area (Å²) in [6.07, 6.45) is 2.34. The standard InChI is InChI=1S/C10H17NO3/c1-14-8-2-3-10(13)11-6-4-9(12)5-7-11/h2-8H2,1H3. The van der Waals surface area contributed by atoms with Gasteiger partial charge >= 0.3 is 0 Å². The minimum Gasteiger partial charge on any atom is -0.385 e. The Morgan fingerprint density at radius 1 is 1.43 bits per heavy atom. The summed E-state index contributed by atoms with van der Waals surface area (Å²) in [6, 6.07) is 0. The molecule has 0 unspecified atom stereocenters. The number of piperidine rings is 1. The first-order valence-corrected chi connectivity index (χ1v) is 5.02. The van der Waals surface area contributed by atoms with E-state index < -0.39 is 0 Å². The molecule has 1 fully saturated rings. The quantitative estimate of drug-likeness (QED) is 0.623. The Kier molecular flexibility index (Phi) is 4.59. The van der Waals surface area contributed by atoms with Crippen LogP contribution in [-0.4, -0.2) is 43.4 Å². The lowest BCUT2D eigenvalue weighted by Crippen LogP contribution is -2.38. The SMILES string of the molecule is COCCCC(=O)N1CCC(=O)CC1. The monoisotopic (exact) mass is 199 g/mol. The van der Waals surface area contributed by atoms with Crippen LogP contribution in [0.2, 0.25) is 0 Å². The zero-order chi connectivity index (χ0) is 10.4. The number of Topliss-reactive ketones (excluding diaryl/α,β-unsaturated/α-hetero) is 1. The van der Waals surface area contributed by atoms with Crippen LogP contribution in [0.1, 0.15) is 25.7 Å². The van der Waals surface area contributed by atoms with Gasteiger partial charge in [-0.25, -0.2) is 0 Å². The van der Waals surface area contributed by atoms with E-state index in [4.69, 9.17) is 4.74 Å². The van der Waals surface area contributed by atoms with E-state index in [0.717, 1.165) is 6.42 Å². The van der Waals surface area contributed by atoms with E-state index in [1.165, 1.54) is 0 Å². The number of carbonyl (C=O) groups excluding carboxylic acids is 2. The first-order chi connectivity index (χ1) is 6.74. The predicted molar refractivity (Wildman–Crippen MR) is 51.9 cm³/mol. The van der Waals surface area contributed by atoms with E-state index in [1.54, 1.807) is 12.0 Å². The first kappa shape index (κ1) is 11.2. The number of ketones is 1. The highest BCUT2D eigenvalue weighted by molar-refractivity contribution is 5.83. The third-order valence-electron chi connectivity index (χ3n) is 2.41. The molecule has 0 saturated carbocycles. The smallest absolute Gasteiger partial charge is 0.222 e. The number of hydrogen-bond acceptors (Lipinski definition) is 3. The molecule has 14 heavy (non-hydrogen) atoms. The molecule has 0 N–H and O–H groups in total. The van der Waals surface area contributed by atoms with Crippen molar-refractivity contribution < 1.29 is 14.3 Å². The van der Waals surface area contributed by atoms with Gasteiger partial charge in [0.2, 0.25) is 5.91 Å². The van der Waals surface area contributed by atoms with Gasteiger partial charge in [0.15, 0.2) is 0 Å². The lowest BCUT2D eigenvalue weighted by molar-refractivity contribution is -0.134. The van der Waals surface area contributed by atoms with Crippen molar-refractivity contribution in [2.45, 2.75) is 25.7 Å². The van der Waals surface area contributed by atoms with Crippen molar-refractivity contribution in [1.29, 1.82) is 0 Å². The second-order valence-electron chi connectivity index (χ2n) is 3.52. The van der Waals surface area contributed by atoms with Gasteiger partial charge in [0.25, 0.3) is 0 Å². The van der Waals surface area contributed by atoms with Gasteiger partial charge in [-0.15, -0.1) is 0 Å². The molecular weight excluding hydrogens is 182 g/mol. The van der Waals surface area contributed by atoms with E-state index in [9.17, 15) is 9.59 Å². The molecule has 0 spiro atoms. The van der Waals surface area contributed by atoms with Crippen LogP contribution in [0, 0.1) is 0 Å². The molecule has 0 atom stereocenters. The molecule has 1 heterocycles. The molecule has 0 aromatic heterocycles. The normalized spacial score (nSPS) is 17.2. The van der Waals surface area contributed by atoms with Crippen LogP contribution in [0.15, 0.2) is 0 Å². The number of likely N-dealkylation sites (tertiary alicyclic amines) is 1. The van der Waals surface area contributed by atoms with E-state index in [-0.39, 0.29) is 11.7 Å². The van der Waals surface area contributed by atoms with Gasteiger partial charge < -0.3 is 9.64 Å². The Balaban J connectivity index is 2.20. The molecule has 0 bridgehead atoms. The highest BCUT2D eigenvalue weighted by Crippen LogP contribution is 2.08. The van der Waals surface area contributed by atoms with Crippen LogP contribution in [0.25, 0.3) is 0 Å². The molecule has 4 heteroatoms. The Labute approximate surface area is 84.2 Å². The lowest BCUT2D eigenvalue weighted by atomic mass is 10.1. The summed E-state index contributed by atoms with van der Waals surface area (Å²) in [4.78, 5) is 24.2. The van der Waals surface area contributed by atoms with Gasteiger partial charge in [-0.05, 0) is 6.42 Å². The summed E-state index contributed by atoms with van der Waals surface area (Å²) in [7, 11) is 1.63. The second-order valence-corrected chi connectivity index (χ2v) is 3.52. The maximum Gasteiger partial charge on any atom is 0.222 e. The number of nitrogens with zero attached hydrogens (tertiary/aromatic N) is 1. The van der Waals surface area contributed by atoms with Gasteiger partial charge in [-0.1, -0.05) is 0 Å². The maximum absolute atomic E-state index is 11.5. The van der Waals surface area contributed by atoms with Crippen molar-refractivity contribution in [2.75, 3.05) is 26.8 Å². The summed E-state index contributed by atoms with van der Waals surface area (Å²) < 4.78 is 4.87. The molecule has 1 rings (SSSR count). The minimum absolute atomic E-state index is 0.148. The number of ether oxygens (including phenoxy) is 1. The topological polar surface area (TPSA) is 46.6 Å². The van der Waals surface area contributed by atoms with Crippen molar-refractivity contribution >= 4 is 11.7 Å². The Bertz CT molecular complexity index is 205. The number of carbonyl (C=O) groups is 2. The molecule has 0 aliphatic carbocycles. The molecule has 1 aliphatic rings. The fourth-order valence-corrected chi connectivity index (χ4v) is 1.53. The average Bonchev–Trinajstić information content (AvgIpc) is 2.19. The van der Waals surface area contributed by atoms with Crippen LogP contribution in [0.3, 0.4) is 0 Å². The van der Waals surface area contributed by atoms with Gasteiger partial charge in [0, 0.05) is 46.1 Å². The third-order valence-corrected chi connectivity index (χ3v) is 2.41. The number of rotatable bonds is 4. The maximum atomic E-state index is 11.5. The van der Waals surface area contributed by atoms with Crippen molar-refractivity contribution in [3.63, 3.8) is 0 Å². The summed E-state index contributed by atoms with van der Waals surface area (Å²) in [5.41, 5.74) is 0. The van der Waals surface area contributed by atoms with Gasteiger partial charge in [0.1, 0.15) is 5.78 Å². The molecule has 80 valence electrons. The van der Waals surface area contributed by atoms with Gasteiger partial charge in [-0.3, -0.25) is 9.59 Å². The molecular formula is C10H17NO3. The van der Waals surface area contributed by atoms with Crippen LogP contribution >= 0.6 is 0 Å². The van der Waals surface area contributed by atoms with Gasteiger partial charge in [0.05, 0.1) is 0 Å². The largest absolute Gasteiger partial charge is 0.385 e. The average molecular weight is 199 g/mol. The third kappa shape index (κ3) is 3.46. The lowest BCUT2D eigenvalue weighted by Gasteiger charge is -2.25. The highest BCUT2D eigenvalue weighted by atomic mass is 16.5. The number of methoxy groups -OCH3 is 1. The summed E-state index contributed by atoms with van der Waals surface area (Å²) in [5.74, 6) is 0.417. The highest BCUT2D eigenvalue weighted by Gasteiger charge is 2.19. The van der Waals surface area contributed by atoms with E-state index in [2.05, 4.69) is 0 Å². The van der Waals surface area contributed by atoms with E-state index >= 15 is 0 Å². The molecule has 0 aromatic rings. The van der Waals surface area contributed by atoms with Crippen molar-refractivity contribution in [1.82, 2.24) is 4.90 Å². The molecule has 1 aliphatic heterocycles.